The highest BCUT2D eigenvalue weighted by molar-refractivity contribution is 14.1. The van der Waals surface area contributed by atoms with Gasteiger partial charge in [0.15, 0.2) is 0 Å². The van der Waals surface area contributed by atoms with Gasteiger partial charge in [0.2, 0.25) is 0 Å². The molecule has 0 atom stereocenters. The number of benzene rings is 1. The number of allylic oxidation sites excluding steroid dienone is 1. The quantitative estimate of drug-likeness (QED) is 0.461. The van der Waals surface area contributed by atoms with Crippen LogP contribution in [0.2, 0.25) is 0 Å². The first kappa shape index (κ1) is 9.32. The maximum Gasteiger partial charge on any atom is 0.0646 e. The Morgan fingerprint density at radius 3 is 2.42 bits per heavy atom. The lowest BCUT2D eigenvalue weighted by Crippen LogP contribution is -2.04. The number of halogens is 1. The van der Waals surface area contributed by atoms with Crippen LogP contribution in [0.15, 0.2) is 55.3 Å². The van der Waals surface area contributed by atoms with Gasteiger partial charge in [0, 0.05) is 5.70 Å². The molecule has 1 nitrogen and oxygen atoms in total. The van der Waals surface area contributed by atoms with Gasteiger partial charge in [0.1, 0.15) is 0 Å². The predicted octanol–water partition coefficient (Wildman–Crippen LogP) is 3.54. The van der Waals surface area contributed by atoms with E-state index in [2.05, 4.69) is 36.0 Å². The van der Waals surface area contributed by atoms with Crippen LogP contribution in [0.5, 0.6) is 0 Å². The first-order chi connectivity index (χ1) is 5.75. The lowest BCUT2D eigenvalue weighted by Gasteiger charge is -2.15. The van der Waals surface area contributed by atoms with Crippen molar-refractivity contribution in [2.75, 3.05) is 3.11 Å². The second-order valence-corrected chi connectivity index (χ2v) is 3.28. The predicted molar refractivity (Wildman–Crippen MR) is 62.3 cm³/mol. The van der Waals surface area contributed by atoms with E-state index in [1.807, 2.05) is 33.4 Å². The lowest BCUT2D eigenvalue weighted by molar-refractivity contribution is 1.41. The van der Waals surface area contributed by atoms with Crippen LogP contribution >= 0.6 is 22.9 Å². The molecule has 0 aliphatic heterocycles. The van der Waals surface area contributed by atoms with Crippen LogP contribution in [-0.4, -0.2) is 0 Å². The van der Waals surface area contributed by atoms with E-state index in [0.717, 1.165) is 11.4 Å². The highest BCUT2D eigenvalue weighted by Crippen LogP contribution is 2.22. The topological polar surface area (TPSA) is 3.24 Å². The molecule has 0 unspecified atom stereocenters. The third kappa shape index (κ3) is 2.11. The summed E-state index contributed by atoms with van der Waals surface area (Å²) in [6, 6.07) is 10.0. The van der Waals surface area contributed by atoms with E-state index >= 15 is 0 Å². The average molecular weight is 271 g/mol. The van der Waals surface area contributed by atoms with E-state index in [1.165, 1.54) is 0 Å². The van der Waals surface area contributed by atoms with Crippen LogP contribution in [0.1, 0.15) is 0 Å². The van der Waals surface area contributed by atoms with Crippen molar-refractivity contribution in [1.82, 2.24) is 0 Å². The zero-order chi connectivity index (χ0) is 8.97. The van der Waals surface area contributed by atoms with Crippen LogP contribution in [0.3, 0.4) is 0 Å². The zero-order valence-electron chi connectivity index (χ0n) is 6.70. The standard InChI is InChI=1S/C10H10IN/c1-3-9(2)12(11)10-7-5-4-6-8-10/h3-8H,1-2H2. The van der Waals surface area contributed by atoms with Gasteiger partial charge in [-0.15, -0.1) is 0 Å². The maximum absolute atomic E-state index is 3.85. The van der Waals surface area contributed by atoms with E-state index in [0.29, 0.717) is 0 Å². The first-order valence-corrected chi connectivity index (χ1v) is 4.54. The highest BCUT2D eigenvalue weighted by Gasteiger charge is 2.01. The van der Waals surface area contributed by atoms with E-state index < -0.39 is 0 Å². The SMILES string of the molecule is C=CC(=C)N(I)c1ccccc1. The molecule has 0 spiro atoms. The summed E-state index contributed by atoms with van der Waals surface area (Å²) in [6.07, 6.45) is 1.74. The van der Waals surface area contributed by atoms with Crippen LogP contribution in [0.4, 0.5) is 5.69 Å². The largest absolute Gasteiger partial charge is 0.284 e. The van der Waals surface area contributed by atoms with Crippen molar-refractivity contribution in [3.8, 4) is 0 Å². The Bertz CT molecular complexity index is 279. The Balaban J connectivity index is 2.85. The minimum Gasteiger partial charge on any atom is -0.284 e. The number of anilines is 1. The Morgan fingerprint density at radius 1 is 1.33 bits per heavy atom. The molecule has 0 fully saturated rings. The van der Waals surface area contributed by atoms with Gasteiger partial charge in [0.25, 0.3) is 0 Å². The van der Waals surface area contributed by atoms with Gasteiger partial charge < -0.3 is 0 Å². The molecule has 0 aliphatic carbocycles. The summed E-state index contributed by atoms with van der Waals surface area (Å²) < 4.78 is 1.96. The van der Waals surface area contributed by atoms with Gasteiger partial charge in [-0.2, -0.15) is 0 Å². The van der Waals surface area contributed by atoms with Crippen molar-refractivity contribution in [1.29, 1.82) is 0 Å². The fourth-order valence-electron chi connectivity index (χ4n) is 0.805. The van der Waals surface area contributed by atoms with E-state index in [4.69, 9.17) is 0 Å². The van der Waals surface area contributed by atoms with Gasteiger partial charge in [-0.3, -0.25) is 3.11 Å². The number of hydrogen-bond acceptors (Lipinski definition) is 1. The molecule has 2 heteroatoms. The van der Waals surface area contributed by atoms with E-state index in [1.54, 1.807) is 6.08 Å². The molecule has 0 amide bonds. The summed E-state index contributed by atoms with van der Waals surface area (Å²) in [5, 5.41) is 0. The highest BCUT2D eigenvalue weighted by atomic mass is 127. The second kappa shape index (κ2) is 4.30. The Hall–Kier alpha value is -0.770. The fraction of sp³-hybridized carbons (Fsp3) is 0. The van der Waals surface area contributed by atoms with Crippen molar-refractivity contribution in [3.05, 3.63) is 55.3 Å². The first-order valence-electron chi connectivity index (χ1n) is 3.58. The Kier molecular flexibility index (Phi) is 3.34. The van der Waals surface area contributed by atoms with Crippen molar-refractivity contribution >= 4 is 28.6 Å². The molecular weight excluding hydrogens is 261 g/mol. The van der Waals surface area contributed by atoms with Gasteiger partial charge in [0.05, 0.1) is 28.6 Å². The van der Waals surface area contributed by atoms with Crippen LogP contribution in [0.25, 0.3) is 0 Å². The molecule has 0 heterocycles. The van der Waals surface area contributed by atoms with Crippen molar-refractivity contribution in [3.63, 3.8) is 0 Å². The molecule has 0 aromatic heterocycles. The third-order valence-electron chi connectivity index (χ3n) is 1.47. The summed E-state index contributed by atoms with van der Waals surface area (Å²) in [6.45, 7) is 7.51. The molecule has 0 saturated carbocycles. The molecule has 62 valence electrons. The molecule has 0 aliphatic rings. The average Bonchev–Trinajstić information content (AvgIpc) is 2.17. The smallest absolute Gasteiger partial charge is 0.0646 e. The summed E-state index contributed by atoms with van der Waals surface area (Å²) >= 11 is 2.20. The van der Waals surface area contributed by atoms with Gasteiger partial charge >= 0.3 is 0 Å². The van der Waals surface area contributed by atoms with Crippen molar-refractivity contribution in [2.45, 2.75) is 0 Å². The molecule has 0 N–H and O–H groups in total. The summed E-state index contributed by atoms with van der Waals surface area (Å²) in [5.41, 5.74) is 2.00. The normalized spacial score (nSPS) is 9.08. The number of rotatable bonds is 3. The van der Waals surface area contributed by atoms with Crippen molar-refractivity contribution in [2.24, 2.45) is 0 Å². The van der Waals surface area contributed by atoms with Crippen LogP contribution < -0.4 is 3.11 Å². The second-order valence-electron chi connectivity index (χ2n) is 2.31. The molecule has 1 aromatic rings. The third-order valence-corrected chi connectivity index (χ3v) is 2.65. The minimum atomic E-state index is 0.891. The van der Waals surface area contributed by atoms with Crippen LogP contribution in [-0.2, 0) is 0 Å². The molecule has 1 aromatic carbocycles. The zero-order valence-corrected chi connectivity index (χ0v) is 8.86. The van der Waals surface area contributed by atoms with E-state index in [9.17, 15) is 0 Å². The molecule has 1 rings (SSSR count). The monoisotopic (exact) mass is 271 g/mol. The van der Waals surface area contributed by atoms with E-state index in [-0.39, 0.29) is 0 Å². The summed E-state index contributed by atoms with van der Waals surface area (Å²) in [7, 11) is 0. The number of para-hydroxylation sites is 1. The van der Waals surface area contributed by atoms with Gasteiger partial charge in [-0.25, -0.2) is 0 Å². The van der Waals surface area contributed by atoms with Crippen molar-refractivity contribution < 1.29 is 0 Å². The molecule has 12 heavy (non-hydrogen) atoms. The van der Waals surface area contributed by atoms with Crippen LogP contribution in [0, 0.1) is 0 Å². The number of nitrogens with zero attached hydrogens (tertiary/aromatic N) is 1. The van der Waals surface area contributed by atoms with Gasteiger partial charge in [-0.05, 0) is 18.2 Å². The molecule has 0 bridgehead atoms. The molecule has 0 saturated heterocycles. The fourth-order valence-corrected chi connectivity index (χ4v) is 1.32. The minimum absolute atomic E-state index is 0.891. The Morgan fingerprint density at radius 2 is 1.92 bits per heavy atom. The van der Waals surface area contributed by atoms with Gasteiger partial charge in [-0.1, -0.05) is 31.4 Å². The molecular formula is C10H10IN. The maximum atomic E-state index is 3.85. The number of hydrogen-bond donors (Lipinski definition) is 0. The Labute approximate surface area is 86.9 Å². The lowest BCUT2D eigenvalue weighted by atomic mass is 10.3. The molecule has 0 radical (unpaired) electrons. The summed E-state index contributed by atoms with van der Waals surface area (Å²) in [4.78, 5) is 0. The summed E-state index contributed by atoms with van der Waals surface area (Å²) in [5.74, 6) is 0.